The number of methoxy groups -OCH3 is 1. The van der Waals surface area contributed by atoms with Gasteiger partial charge in [-0.15, -0.1) is 0 Å². The Labute approximate surface area is 98.0 Å². The normalized spacial score (nSPS) is 10.8. The Morgan fingerprint density at radius 2 is 2.19 bits per heavy atom. The topological polar surface area (TPSA) is 22.1 Å². The van der Waals surface area contributed by atoms with E-state index in [-0.39, 0.29) is 11.3 Å². The molecule has 1 aromatic carbocycles. The average molecular weight is 240 g/mol. The summed E-state index contributed by atoms with van der Waals surface area (Å²) in [5, 5.41) is 1.000. The van der Waals surface area contributed by atoms with E-state index < -0.39 is 0 Å². The lowest BCUT2D eigenvalue weighted by Crippen LogP contribution is -1.94. The van der Waals surface area contributed by atoms with Gasteiger partial charge in [-0.3, -0.25) is 0 Å². The summed E-state index contributed by atoms with van der Waals surface area (Å²) >= 11 is 6.11. The quantitative estimate of drug-likeness (QED) is 0.799. The molecule has 0 aliphatic carbocycles. The molecule has 0 N–H and O–H groups in total. The molecule has 0 bridgehead atoms. The number of benzene rings is 1. The van der Waals surface area contributed by atoms with Crippen molar-refractivity contribution < 1.29 is 9.13 Å². The number of aryl methyl sites for hydroxylation is 1. The average Bonchev–Trinajstić information content (AvgIpc) is 2.30. The third kappa shape index (κ3) is 1.71. The molecule has 1 heterocycles. The number of hydrogen-bond acceptors (Lipinski definition) is 2. The number of pyridine rings is 1. The van der Waals surface area contributed by atoms with Crippen LogP contribution in [0.25, 0.3) is 10.9 Å². The van der Waals surface area contributed by atoms with E-state index in [4.69, 9.17) is 16.3 Å². The van der Waals surface area contributed by atoms with Crippen LogP contribution in [0.5, 0.6) is 5.75 Å². The van der Waals surface area contributed by atoms with Crippen LogP contribution >= 0.6 is 11.6 Å². The van der Waals surface area contributed by atoms with Crippen molar-refractivity contribution in [1.29, 1.82) is 0 Å². The van der Waals surface area contributed by atoms with Crippen molar-refractivity contribution in [3.05, 3.63) is 34.7 Å². The van der Waals surface area contributed by atoms with Crippen LogP contribution in [-0.2, 0) is 6.42 Å². The molecule has 16 heavy (non-hydrogen) atoms. The Balaban J connectivity index is 2.86. The molecule has 2 nitrogen and oxygen atoms in total. The highest BCUT2D eigenvalue weighted by Crippen LogP contribution is 2.33. The number of nitrogens with zero attached hydrogens (tertiary/aromatic N) is 1. The van der Waals surface area contributed by atoms with E-state index in [9.17, 15) is 4.39 Å². The number of ether oxygens (including phenoxy) is 1. The van der Waals surface area contributed by atoms with E-state index in [1.807, 2.05) is 6.92 Å². The second-order valence-electron chi connectivity index (χ2n) is 3.42. The molecule has 0 amide bonds. The molecular weight excluding hydrogens is 229 g/mol. The first-order valence-corrected chi connectivity index (χ1v) is 5.36. The van der Waals surface area contributed by atoms with E-state index in [1.54, 1.807) is 12.1 Å². The van der Waals surface area contributed by atoms with Gasteiger partial charge >= 0.3 is 0 Å². The van der Waals surface area contributed by atoms with Crippen molar-refractivity contribution in [2.24, 2.45) is 0 Å². The molecule has 0 atom stereocenters. The predicted molar refractivity (Wildman–Crippen MR) is 62.6 cm³/mol. The maximum absolute atomic E-state index is 13.6. The van der Waals surface area contributed by atoms with Crippen LogP contribution in [0.3, 0.4) is 0 Å². The Kier molecular flexibility index (Phi) is 2.97. The highest BCUT2D eigenvalue weighted by molar-refractivity contribution is 6.36. The van der Waals surface area contributed by atoms with Gasteiger partial charge in [-0.1, -0.05) is 18.5 Å². The summed E-state index contributed by atoms with van der Waals surface area (Å²) in [5.74, 6) is 0.157. The lowest BCUT2D eigenvalue weighted by Gasteiger charge is -2.08. The number of halogens is 2. The van der Waals surface area contributed by atoms with Crippen LogP contribution in [0.2, 0.25) is 5.02 Å². The van der Waals surface area contributed by atoms with Crippen LogP contribution in [0.1, 0.15) is 12.6 Å². The van der Waals surface area contributed by atoms with Crippen molar-refractivity contribution in [3.8, 4) is 5.75 Å². The third-order valence-corrected chi connectivity index (χ3v) is 2.76. The molecule has 0 aliphatic heterocycles. The fourth-order valence-electron chi connectivity index (χ4n) is 1.63. The van der Waals surface area contributed by atoms with Gasteiger partial charge in [-0.05, 0) is 24.6 Å². The summed E-state index contributed by atoms with van der Waals surface area (Å²) in [4.78, 5) is 4.22. The Bertz CT molecular complexity index is 542. The zero-order valence-electron chi connectivity index (χ0n) is 9.05. The predicted octanol–water partition coefficient (Wildman–Crippen LogP) is 3.60. The third-order valence-electron chi connectivity index (χ3n) is 2.46. The van der Waals surface area contributed by atoms with E-state index in [0.29, 0.717) is 22.6 Å². The monoisotopic (exact) mass is 239 g/mol. The summed E-state index contributed by atoms with van der Waals surface area (Å²) in [7, 11) is 1.52. The smallest absolute Gasteiger partial charge is 0.149 e. The zero-order chi connectivity index (χ0) is 11.7. The van der Waals surface area contributed by atoms with Gasteiger partial charge in [0.1, 0.15) is 17.1 Å². The number of hydrogen-bond donors (Lipinski definition) is 0. The lowest BCUT2D eigenvalue weighted by atomic mass is 10.1. The molecule has 0 radical (unpaired) electrons. The molecule has 0 spiro atoms. The van der Waals surface area contributed by atoms with Gasteiger partial charge in [-0.25, -0.2) is 9.37 Å². The molecular formula is C12H11ClFNO. The number of aromatic nitrogens is 1. The standard InChI is InChI=1S/C12H11ClFNO/c1-3-7-6-8(13)11-10(16-2)5-4-9(14)12(11)15-7/h4-6H,3H2,1-2H3. The van der Waals surface area contributed by atoms with Gasteiger partial charge in [0.25, 0.3) is 0 Å². The van der Waals surface area contributed by atoms with Gasteiger partial charge in [0.2, 0.25) is 0 Å². The largest absolute Gasteiger partial charge is 0.496 e. The van der Waals surface area contributed by atoms with E-state index in [0.717, 1.165) is 5.69 Å². The first-order chi connectivity index (χ1) is 7.67. The summed E-state index contributed by atoms with van der Waals surface area (Å²) in [5.41, 5.74) is 1.04. The number of rotatable bonds is 2. The minimum absolute atomic E-state index is 0.267. The SMILES string of the molecule is CCc1cc(Cl)c2c(OC)ccc(F)c2n1. The molecule has 0 saturated carbocycles. The van der Waals surface area contributed by atoms with Gasteiger partial charge in [0.05, 0.1) is 17.5 Å². The van der Waals surface area contributed by atoms with Crippen LogP contribution in [0, 0.1) is 5.82 Å². The zero-order valence-corrected chi connectivity index (χ0v) is 9.81. The van der Waals surface area contributed by atoms with E-state index in [1.165, 1.54) is 13.2 Å². The second-order valence-corrected chi connectivity index (χ2v) is 3.83. The number of fused-ring (bicyclic) bond motifs is 1. The van der Waals surface area contributed by atoms with Gasteiger partial charge in [-0.2, -0.15) is 0 Å². The van der Waals surface area contributed by atoms with E-state index >= 15 is 0 Å². The summed E-state index contributed by atoms with van der Waals surface area (Å²) < 4.78 is 18.8. The van der Waals surface area contributed by atoms with Crippen LogP contribution in [-0.4, -0.2) is 12.1 Å². The van der Waals surface area contributed by atoms with Crippen molar-refractivity contribution in [2.45, 2.75) is 13.3 Å². The minimum Gasteiger partial charge on any atom is -0.496 e. The van der Waals surface area contributed by atoms with Gasteiger partial charge in [0.15, 0.2) is 0 Å². The lowest BCUT2D eigenvalue weighted by molar-refractivity contribution is 0.419. The highest BCUT2D eigenvalue weighted by Gasteiger charge is 2.12. The van der Waals surface area contributed by atoms with Crippen molar-refractivity contribution in [2.75, 3.05) is 7.11 Å². The fourth-order valence-corrected chi connectivity index (χ4v) is 1.94. The molecule has 1 aromatic heterocycles. The van der Waals surface area contributed by atoms with Gasteiger partial charge in [0, 0.05) is 5.69 Å². The van der Waals surface area contributed by atoms with Crippen molar-refractivity contribution >= 4 is 22.5 Å². The Morgan fingerprint density at radius 3 is 2.81 bits per heavy atom. The van der Waals surface area contributed by atoms with Crippen LogP contribution in [0.4, 0.5) is 4.39 Å². The Hall–Kier alpha value is -1.35. The first-order valence-electron chi connectivity index (χ1n) is 4.99. The molecule has 0 aliphatic rings. The van der Waals surface area contributed by atoms with Crippen molar-refractivity contribution in [3.63, 3.8) is 0 Å². The molecule has 2 rings (SSSR count). The van der Waals surface area contributed by atoms with Crippen molar-refractivity contribution in [1.82, 2.24) is 4.98 Å². The Morgan fingerprint density at radius 1 is 1.44 bits per heavy atom. The van der Waals surface area contributed by atoms with Crippen LogP contribution < -0.4 is 4.74 Å². The van der Waals surface area contributed by atoms with Gasteiger partial charge < -0.3 is 4.74 Å². The molecule has 4 heteroatoms. The summed E-state index contributed by atoms with van der Waals surface area (Å²) in [6.07, 6.45) is 0.715. The molecule has 84 valence electrons. The molecule has 0 fully saturated rings. The summed E-state index contributed by atoms with van der Waals surface area (Å²) in [6, 6.07) is 4.63. The maximum Gasteiger partial charge on any atom is 0.149 e. The highest BCUT2D eigenvalue weighted by atomic mass is 35.5. The second kappa shape index (κ2) is 4.26. The van der Waals surface area contributed by atoms with Crippen LogP contribution in [0.15, 0.2) is 18.2 Å². The minimum atomic E-state index is -0.381. The maximum atomic E-state index is 13.6. The fraction of sp³-hybridized carbons (Fsp3) is 0.250. The molecule has 2 aromatic rings. The first kappa shape index (κ1) is 11.1. The van der Waals surface area contributed by atoms with E-state index in [2.05, 4.69) is 4.98 Å². The summed E-state index contributed by atoms with van der Waals surface area (Å²) in [6.45, 7) is 1.95. The molecule has 0 saturated heterocycles. The molecule has 0 unspecified atom stereocenters.